The van der Waals surface area contributed by atoms with Crippen LogP contribution in [0.3, 0.4) is 0 Å². The summed E-state index contributed by atoms with van der Waals surface area (Å²) in [4.78, 5) is 14.2. The van der Waals surface area contributed by atoms with Gasteiger partial charge in [0.25, 0.3) is 5.91 Å². The van der Waals surface area contributed by atoms with Crippen LogP contribution in [0.15, 0.2) is 34.7 Å². The Hall–Kier alpha value is -1.66. The van der Waals surface area contributed by atoms with Gasteiger partial charge in [-0.1, -0.05) is 11.6 Å². The summed E-state index contributed by atoms with van der Waals surface area (Å²) in [5.41, 5.74) is 2.42. The summed E-state index contributed by atoms with van der Waals surface area (Å²) in [5, 5.41) is 5.08. The predicted octanol–water partition coefficient (Wildman–Crippen LogP) is 1.43. The fourth-order valence-corrected chi connectivity index (χ4v) is 2.78. The second-order valence-corrected chi connectivity index (χ2v) is 6.63. The van der Waals surface area contributed by atoms with Gasteiger partial charge in [0.1, 0.15) is 0 Å². The maximum Gasteiger partial charge on any atom is 0.254 e. The van der Waals surface area contributed by atoms with E-state index in [4.69, 9.17) is 5.14 Å². The number of aryl methyl sites for hydroxylation is 1. The number of carbonyl (C=O) groups is 1. The van der Waals surface area contributed by atoms with Crippen LogP contribution >= 0.6 is 0 Å². The predicted molar refractivity (Wildman–Crippen MR) is 76.8 cm³/mol. The van der Waals surface area contributed by atoms with Gasteiger partial charge in [0.05, 0.1) is 4.90 Å². The minimum absolute atomic E-state index is 0.0286. The molecule has 0 aliphatic carbocycles. The van der Waals surface area contributed by atoms with Crippen LogP contribution < -0.4 is 5.14 Å². The molecule has 0 unspecified atom stereocenters. The lowest BCUT2D eigenvalue weighted by Gasteiger charge is -2.26. The van der Waals surface area contributed by atoms with Crippen LogP contribution in [0.1, 0.15) is 29.3 Å². The monoisotopic (exact) mass is 294 g/mol. The first-order valence-electron chi connectivity index (χ1n) is 6.37. The molecule has 0 fully saturated rings. The SMILES string of the molecule is CC1=CCN(C(=O)c2ccc(S(N)(=O)=O)cc2C)CC1. The van der Waals surface area contributed by atoms with Crippen molar-refractivity contribution < 1.29 is 13.2 Å². The summed E-state index contributed by atoms with van der Waals surface area (Å²) >= 11 is 0. The van der Waals surface area contributed by atoms with E-state index in [9.17, 15) is 13.2 Å². The maximum atomic E-state index is 12.4. The summed E-state index contributed by atoms with van der Waals surface area (Å²) in [6.45, 7) is 5.06. The van der Waals surface area contributed by atoms with Crippen molar-refractivity contribution in [3.05, 3.63) is 41.0 Å². The van der Waals surface area contributed by atoms with Crippen molar-refractivity contribution in [3.63, 3.8) is 0 Å². The van der Waals surface area contributed by atoms with E-state index in [0.29, 0.717) is 24.2 Å². The summed E-state index contributed by atoms with van der Waals surface area (Å²) < 4.78 is 22.6. The second kappa shape index (κ2) is 5.38. The van der Waals surface area contributed by atoms with Gasteiger partial charge in [0.2, 0.25) is 10.0 Å². The number of amides is 1. The molecular formula is C14H18N2O3S. The summed E-state index contributed by atoms with van der Waals surface area (Å²) in [5.74, 6) is -0.0766. The van der Waals surface area contributed by atoms with Crippen molar-refractivity contribution in [2.75, 3.05) is 13.1 Å². The number of benzene rings is 1. The minimum atomic E-state index is -3.73. The van der Waals surface area contributed by atoms with E-state index in [2.05, 4.69) is 0 Å². The van der Waals surface area contributed by atoms with Crippen LogP contribution in [0, 0.1) is 6.92 Å². The highest BCUT2D eigenvalue weighted by Crippen LogP contribution is 2.18. The van der Waals surface area contributed by atoms with E-state index in [0.717, 1.165) is 6.42 Å². The highest BCUT2D eigenvalue weighted by molar-refractivity contribution is 7.89. The van der Waals surface area contributed by atoms with Crippen LogP contribution in [0.2, 0.25) is 0 Å². The van der Waals surface area contributed by atoms with Gasteiger partial charge in [0.15, 0.2) is 0 Å². The lowest BCUT2D eigenvalue weighted by Crippen LogP contribution is -2.35. The number of nitrogens with two attached hydrogens (primary N) is 1. The normalized spacial score (nSPS) is 15.9. The third kappa shape index (κ3) is 3.08. The molecule has 1 heterocycles. The van der Waals surface area contributed by atoms with Crippen molar-refractivity contribution in [2.24, 2.45) is 5.14 Å². The van der Waals surface area contributed by atoms with Gasteiger partial charge >= 0.3 is 0 Å². The lowest BCUT2D eigenvalue weighted by molar-refractivity contribution is 0.0768. The Morgan fingerprint density at radius 2 is 2.00 bits per heavy atom. The number of hydrogen-bond donors (Lipinski definition) is 1. The van der Waals surface area contributed by atoms with E-state index in [-0.39, 0.29) is 10.8 Å². The molecule has 0 bridgehead atoms. The molecule has 1 aromatic carbocycles. The molecule has 6 heteroatoms. The molecule has 1 aromatic rings. The minimum Gasteiger partial charge on any atom is -0.335 e. The Bertz CT molecular complexity index is 678. The number of sulfonamides is 1. The van der Waals surface area contributed by atoms with Crippen molar-refractivity contribution >= 4 is 15.9 Å². The zero-order valence-corrected chi connectivity index (χ0v) is 12.4. The number of carbonyl (C=O) groups excluding carboxylic acids is 1. The molecule has 0 saturated carbocycles. The number of nitrogens with zero attached hydrogens (tertiary/aromatic N) is 1. The first-order chi connectivity index (χ1) is 9.29. The third-order valence-corrected chi connectivity index (χ3v) is 4.39. The fourth-order valence-electron chi connectivity index (χ4n) is 2.18. The molecule has 1 aliphatic heterocycles. The van der Waals surface area contributed by atoms with Crippen molar-refractivity contribution in [3.8, 4) is 0 Å². The molecule has 0 atom stereocenters. The molecule has 0 radical (unpaired) electrons. The maximum absolute atomic E-state index is 12.4. The summed E-state index contributed by atoms with van der Waals surface area (Å²) in [6, 6.07) is 4.34. The van der Waals surface area contributed by atoms with Crippen LogP contribution in [0.5, 0.6) is 0 Å². The largest absolute Gasteiger partial charge is 0.335 e. The Balaban J connectivity index is 2.28. The van der Waals surface area contributed by atoms with Gasteiger partial charge in [-0.3, -0.25) is 4.79 Å². The molecule has 2 rings (SSSR count). The molecule has 0 aromatic heterocycles. The van der Waals surface area contributed by atoms with Crippen LogP contribution in [0.4, 0.5) is 0 Å². The van der Waals surface area contributed by atoms with Crippen LogP contribution in [-0.4, -0.2) is 32.3 Å². The zero-order valence-electron chi connectivity index (χ0n) is 11.6. The van der Waals surface area contributed by atoms with Gasteiger partial charge in [0, 0.05) is 18.7 Å². The van der Waals surface area contributed by atoms with Gasteiger partial charge in [-0.05, 0) is 44.0 Å². The topological polar surface area (TPSA) is 80.5 Å². The molecule has 0 spiro atoms. The van der Waals surface area contributed by atoms with Gasteiger partial charge in [-0.2, -0.15) is 0 Å². The van der Waals surface area contributed by atoms with E-state index < -0.39 is 10.0 Å². The first-order valence-corrected chi connectivity index (χ1v) is 7.92. The Kier molecular flexibility index (Phi) is 3.96. The molecule has 1 amide bonds. The van der Waals surface area contributed by atoms with Crippen molar-refractivity contribution in [1.82, 2.24) is 4.90 Å². The lowest BCUT2D eigenvalue weighted by atomic mass is 10.1. The molecule has 20 heavy (non-hydrogen) atoms. The van der Waals surface area contributed by atoms with Crippen LogP contribution in [0.25, 0.3) is 0 Å². The number of rotatable bonds is 2. The fraction of sp³-hybridized carbons (Fsp3) is 0.357. The molecular weight excluding hydrogens is 276 g/mol. The highest BCUT2D eigenvalue weighted by Gasteiger charge is 2.20. The second-order valence-electron chi connectivity index (χ2n) is 5.07. The first kappa shape index (κ1) is 14.7. The standard InChI is InChI=1S/C14H18N2O3S/c1-10-5-7-16(8-6-10)14(17)13-4-3-12(9-11(13)2)20(15,18)19/h3-5,9H,6-8H2,1-2H3,(H2,15,18,19). The Morgan fingerprint density at radius 3 is 2.50 bits per heavy atom. The van der Waals surface area contributed by atoms with E-state index in [1.54, 1.807) is 11.8 Å². The average molecular weight is 294 g/mol. The van der Waals surface area contributed by atoms with Gasteiger partial charge in [-0.15, -0.1) is 0 Å². The summed E-state index contributed by atoms with van der Waals surface area (Å²) in [6.07, 6.45) is 2.91. The van der Waals surface area contributed by atoms with E-state index in [1.165, 1.54) is 23.8 Å². The third-order valence-electron chi connectivity index (χ3n) is 3.48. The van der Waals surface area contributed by atoms with Crippen LogP contribution in [-0.2, 0) is 10.0 Å². The number of hydrogen-bond acceptors (Lipinski definition) is 3. The van der Waals surface area contributed by atoms with E-state index >= 15 is 0 Å². The van der Waals surface area contributed by atoms with Crippen molar-refractivity contribution in [2.45, 2.75) is 25.2 Å². The molecule has 0 saturated heterocycles. The average Bonchev–Trinajstić information content (AvgIpc) is 2.37. The zero-order chi connectivity index (χ0) is 14.9. The Morgan fingerprint density at radius 1 is 1.30 bits per heavy atom. The smallest absolute Gasteiger partial charge is 0.254 e. The molecule has 5 nitrogen and oxygen atoms in total. The molecule has 108 valence electrons. The van der Waals surface area contributed by atoms with E-state index in [1.807, 2.05) is 13.0 Å². The van der Waals surface area contributed by atoms with Crippen molar-refractivity contribution in [1.29, 1.82) is 0 Å². The highest BCUT2D eigenvalue weighted by atomic mass is 32.2. The quantitative estimate of drug-likeness (QED) is 0.838. The Labute approximate surface area is 119 Å². The number of primary sulfonamides is 1. The molecule has 1 aliphatic rings. The molecule has 2 N–H and O–H groups in total. The van der Waals surface area contributed by atoms with Gasteiger partial charge < -0.3 is 4.90 Å². The summed E-state index contributed by atoms with van der Waals surface area (Å²) in [7, 11) is -3.73. The van der Waals surface area contributed by atoms with Gasteiger partial charge in [-0.25, -0.2) is 13.6 Å².